The smallest absolute Gasteiger partial charge is 0.255 e. The third kappa shape index (κ3) is 2.70. The van der Waals surface area contributed by atoms with Gasteiger partial charge < -0.3 is 5.32 Å². The maximum Gasteiger partial charge on any atom is 0.255 e. The van der Waals surface area contributed by atoms with E-state index in [0.29, 0.717) is 5.56 Å². The van der Waals surface area contributed by atoms with Gasteiger partial charge in [0.15, 0.2) is 0 Å². The van der Waals surface area contributed by atoms with Crippen LogP contribution in [0.5, 0.6) is 0 Å². The zero-order valence-electron chi connectivity index (χ0n) is 10.4. The molecule has 3 aromatic rings. The average Bonchev–Trinajstić information content (AvgIpc) is 3.03. The lowest BCUT2D eigenvalue weighted by Gasteiger charge is -2.05. The van der Waals surface area contributed by atoms with Crippen molar-refractivity contribution >= 4 is 23.1 Å². The molecule has 2 heterocycles. The van der Waals surface area contributed by atoms with Crippen LogP contribution in [-0.4, -0.2) is 20.5 Å². The summed E-state index contributed by atoms with van der Waals surface area (Å²) in [6.45, 7) is 0. The first kappa shape index (κ1) is 12.4. The highest BCUT2D eigenvalue weighted by Crippen LogP contribution is 2.23. The van der Waals surface area contributed by atoms with Gasteiger partial charge in [-0.25, -0.2) is 0 Å². The van der Waals surface area contributed by atoms with Crippen molar-refractivity contribution in [1.82, 2.24) is 14.6 Å². The number of rotatable bonds is 3. The molecule has 20 heavy (non-hydrogen) atoms. The number of hydrogen-bond donors (Lipinski definition) is 1. The van der Waals surface area contributed by atoms with Crippen LogP contribution in [0.4, 0.5) is 5.69 Å². The average molecular weight is 282 g/mol. The minimum absolute atomic E-state index is 0.153. The Morgan fingerprint density at radius 3 is 2.45 bits per heavy atom. The summed E-state index contributed by atoms with van der Waals surface area (Å²) in [5.41, 5.74) is 2.35. The van der Waals surface area contributed by atoms with E-state index >= 15 is 0 Å². The Balaban J connectivity index is 1.74. The second kappa shape index (κ2) is 5.58. The summed E-state index contributed by atoms with van der Waals surface area (Å²) in [5.74, 6) is -0.153. The van der Waals surface area contributed by atoms with Crippen LogP contribution in [0.3, 0.4) is 0 Å². The molecule has 0 radical (unpaired) electrons. The van der Waals surface area contributed by atoms with E-state index in [1.165, 1.54) is 11.5 Å². The Morgan fingerprint density at radius 2 is 1.80 bits per heavy atom. The van der Waals surface area contributed by atoms with Crippen LogP contribution >= 0.6 is 11.5 Å². The fraction of sp³-hybridized carbons (Fsp3) is 0. The lowest BCUT2D eigenvalue weighted by Crippen LogP contribution is -2.11. The van der Waals surface area contributed by atoms with Gasteiger partial charge in [-0.3, -0.25) is 9.78 Å². The molecule has 1 amide bonds. The molecule has 0 aliphatic heterocycles. The van der Waals surface area contributed by atoms with Gasteiger partial charge in [0.2, 0.25) is 0 Å². The highest BCUT2D eigenvalue weighted by molar-refractivity contribution is 7.09. The molecular weight excluding hydrogens is 272 g/mol. The predicted molar refractivity (Wildman–Crippen MR) is 77.5 cm³/mol. The van der Waals surface area contributed by atoms with Gasteiger partial charge in [-0.2, -0.15) is 0 Å². The first-order valence-electron chi connectivity index (χ1n) is 5.92. The molecule has 3 rings (SSSR count). The molecule has 0 aliphatic carbocycles. The topological polar surface area (TPSA) is 67.8 Å². The quantitative estimate of drug-likeness (QED) is 0.802. The van der Waals surface area contributed by atoms with Crippen molar-refractivity contribution in [3.8, 4) is 10.4 Å². The van der Waals surface area contributed by atoms with Gasteiger partial charge >= 0.3 is 0 Å². The zero-order chi connectivity index (χ0) is 13.8. The summed E-state index contributed by atoms with van der Waals surface area (Å²) in [5, 5.41) is 6.64. The zero-order valence-corrected chi connectivity index (χ0v) is 11.2. The van der Waals surface area contributed by atoms with Crippen LogP contribution in [0.1, 0.15) is 10.4 Å². The van der Waals surface area contributed by atoms with E-state index in [4.69, 9.17) is 0 Å². The molecule has 0 saturated heterocycles. The molecular formula is C14H10N4OS. The molecule has 0 unspecified atom stereocenters. The lowest BCUT2D eigenvalue weighted by atomic mass is 10.2. The number of carbonyl (C=O) groups is 1. The van der Waals surface area contributed by atoms with Crippen LogP contribution < -0.4 is 5.32 Å². The standard InChI is InChI=1S/C14H10N4OS/c19-14(11-5-7-15-8-6-11)17-12-3-1-10(2-4-12)13-9-16-18-20-13/h1-9H,(H,17,19). The van der Waals surface area contributed by atoms with E-state index in [0.717, 1.165) is 16.1 Å². The number of amides is 1. The molecule has 1 N–H and O–H groups in total. The van der Waals surface area contributed by atoms with Gasteiger partial charge in [-0.1, -0.05) is 16.6 Å². The third-order valence-electron chi connectivity index (χ3n) is 2.73. The molecule has 98 valence electrons. The highest BCUT2D eigenvalue weighted by atomic mass is 32.1. The summed E-state index contributed by atoms with van der Waals surface area (Å²) >= 11 is 1.34. The molecule has 0 atom stereocenters. The van der Waals surface area contributed by atoms with E-state index in [1.54, 1.807) is 30.7 Å². The number of aromatic nitrogens is 3. The van der Waals surface area contributed by atoms with E-state index in [2.05, 4.69) is 19.9 Å². The molecule has 0 saturated carbocycles. The van der Waals surface area contributed by atoms with Crippen molar-refractivity contribution in [1.29, 1.82) is 0 Å². The molecule has 0 bridgehead atoms. The van der Waals surface area contributed by atoms with Crippen LogP contribution in [-0.2, 0) is 0 Å². The third-order valence-corrected chi connectivity index (χ3v) is 3.44. The molecule has 5 nitrogen and oxygen atoms in total. The monoisotopic (exact) mass is 282 g/mol. The van der Waals surface area contributed by atoms with Gasteiger partial charge in [0.05, 0.1) is 11.1 Å². The Morgan fingerprint density at radius 1 is 1.05 bits per heavy atom. The maximum absolute atomic E-state index is 12.0. The van der Waals surface area contributed by atoms with Crippen molar-refractivity contribution in [2.75, 3.05) is 5.32 Å². The number of carbonyl (C=O) groups excluding carboxylic acids is 1. The summed E-state index contributed by atoms with van der Waals surface area (Å²) < 4.78 is 3.83. The Hall–Kier alpha value is -2.60. The summed E-state index contributed by atoms with van der Waals surface area (Å²) in [7, 11) is 0. The fourth-order valence-corrected chi connectivity index (χ4v) is 2.24. The van der Waals surface area contributed by atoms with Crippen LogP contribution in [0.15, 0.2) is 55.0 Å². The molecule has 0 spiro atoms. The van der Waals surface area contributed by atoms with Crippen molar-refractivity contribution < 1.29 is 4.79 Å². The van der Waals surface area contributed by atoms with Gasteiger partial charge in [-0.05, 0) is 41.4 Å². The van der Waals surface area contributed by atoms with E-state index in [9.17, 15) is 4.79 Å². The van der Waals surface area contributed by atoms with Crippen LogP contribution in [0, 0.1) is 0 Å². The normalized spacial score (nSPS) is 10.2. The largest absolute Gasteiger partial charge is 0.322 e. The summed E-state index contributed by atoms with van der Waals surface area (Å²) in [4.78, 5) is 16.9. The number of nitrogens with one attached hydrogen (secondary N) is 1. The van der Waals surface area contributed by atoms with Crippen molar-refractivity contribution in [2.45, 2.75) is 0 Å². The minimum atomic E-state index is -0.153. The van der Waals surface area contributed by atoms with Crippen LogP contribution in [0.2, 0.25) is 0 Å². The van der Waals surface area contributed by atoms with Crippen molar-refractivity contribution in [3.63, 3.8) is 0 Å². The Labute approximate surface area is 119 Å². The van der Waals surface area contributed by atoms with E-state index < -0.39 is 0 Å². The van der Waals surface area contributed by atoms with Crippen molar-refractivity contribution in [3.05, 3.63) is 60.6 Å². The first-order chi connectivity index (χ1) is 9.83. The summed E-state index contributed by atoms with van der Waals surface area (Å²) in [6, 6.07) is 10.9. The molecule has 2 aromatic heterocycles. The second-order valence-electron chi connectivity index (χ2n) is 4.05. The molecule has 0 aliphatic rings. The number of anilines is 1. The minimum Gasteiger partial charge on any atom is -0.322 e. The molecule has 1 aromatic carbocycles. The van der Waals surface area contributed by atoms with E-state index in [-0.39, 0.29) is 5.91 Å². The first-order valence-corrected chi connectivity index (χ1v) is 6.69. The van der Waals surface area contributed by atoms with Gasteiger partial charge in [0, 0.05) is 23.6 Å². The van der Waals surface area contributed by atoms with E-state index in [1.807, 2.05) is 24.3 Å². The molecule has 0 fully saturated rings. The maximum atomic E-state index is 12.0. The highest BCUT2D eigenvalue weighted by Gasteiger charge is 2.06. The fourth-order valence-electron chi connectivity index (χ4n) is 1.72. The Bertz CT molecular complexity index is 696. The van der Waals surface area contributed by atoms with Crippen molar-refractivity contribution in [2.24, 2.45) is 0 Å². The van der Waals surface area contributed by atoms with Gasteiger partial charge in [0.1, 0.15) is 0 Å². The Kier molecular flexibility index (Phi) is 3.47. The number of pyridine rings is 1. The number of benzene rings is 1. The summed E-state index contributed by atoms with van der Waals surface area (Å²) in [6.07, 6.45) is 4.90. The molecule has 6 heteroatoms. The lowest BCUT2D eigenvalue weighted by molar-refractivity contribution is 0.102. The SMILES string of the molecule is O=C(Nc1ccc(-c2cnns2)cc1)c1ccncc1. The second-order valence-corrected chi connectivity index (χ2v) is 4.83. The van der Waals surface area contributed by atoms with Gasteiger partial charge in [0.25, 0.3) is 5.91 Å². The number of nitrogens with zero attached hydrogens (tertiary/aromatic N) is 3. The predicted octanol–water partition coefficient (Wildman–Crippen LogP) is 2.85. The van der Waals surface area contributed by atoms with Gasteiger partial charge in [-0.15, -0.1) is 5.10 Å². The number of hydrogen-bond acceptors (Lipinski definition) is 5. The van der Waals surface area contributed by atoms with Crippen LogP contribution in [0.25, 0.3) is 10.4 Å².